The van der Waals surface area contributed by atoms with Gasteiger partial charge in [-0.05, 0) is 63.4 Å². The zero-order valence-corrected chi connectivity index (χ0v) is 17.0. The Balaban J connectivity index is 0.00000264. The summed E-state index contributed by atoms with van der Waals surface area (Å²) < 4.78 is 0. The number of hydrogen-bond acceptors (Lipinski definition) is 2. The van der Waals surface area contributed by atoms with Gasteiger partial charge in [0.05, 0.1) is 0 Å². The van der Waals surface area contributed by atoms with E-state index in [1.165, 1.54) is 43.5 Å². The number of likely N-dealkylation sites (tertiary alicyclic amines) is 1. The van der Waals surface area contributed by atoms with E-state index in [2.05, 4.69) is 58.8 Å². The summed E-state index contributed by atoms with van der Waals surface area (Å²) >= 11 is 0. The lowest BCUT2D eigenvalue weighted by Gasteiger charge is -2.29. The predicted molar refractivity (Wildman–Crippen MR) is 110 cm³/mol. The summed E-state index contributed by atoms with van der Waals surface area (Å²) in [5.41, 5.74) is 2.64. The van der Waals surface area contributed by atoms with E-state index in [9.17, 15) is 0 Å². The second-order valence-electron chi connectivity index (χ2n) is 6.31. The summed E-state index contributed by atoms with van der Waals surface area (Å²) in [6.45, 7) is 6.45. The molecule has 2 rings (SSSR count). The van der Waals surface area contributed by atoms with E-state index in [0.29, 0.717) is 0 Å². The maximum absolute atomic E-state index is 4.31. The van der Waals surface area contributed by atoms with Gasteiger partial charge in [-0.3, -0.25) is 4.99 Å². The fraction of sp³-hybridized carbons (Fsp3) is 0.611. The molecule has 2 N–H and O–H groups in total. The number of halogens is 1. The predicted octanol–water partition coefficient (Wildman–Crippen LogP) is 3.01. The van der Waals surface area contributed by atoms with Gasteiger partial charge in [-0.15, -0.1) is 24.0 Å². The van der Waals surface area contributed by atoms with Crippen molar-refractivity contribution in [3.63, 3.8) is 0 Å². The SMILES string of the molecule is CN=C(NCCC1CCN(C)CC1)NCc1ccccc1C.I. The van der Waals surface area contributed by atoms with Crippen molar-refractivity contribution in [2.24, 2.45) is 10.9 Å². The lowest BCUT2D eigenvalue weighted by atomic mass is 9.94. The largest absolute Gasteiger partial charge is 0.356 e. The van der Waals surface area contributed by atoms with Crippen LogP contribution in [0.15, 0.2) is 29.3 Å². The third-order valence-electron chi connectivity index (χ3n) is 4.61. The highest BCUT2D eigenvalue weighted by Gasteiger charge is 2.16. The van der Waals surface area contributed by atoms with Crippen LogP contribution < -0.4 is 10.6 Å². The van der Waals surface area contributed by atoms with Gasteiger partial charge >= 0.3 is 0 Å². The van der Waals surface area contributed by atoms with Crippen molar-refractivity contribution in [1.82, 2.24) is 15.5 Å². The molecule has 0 aromatic heterocycles. The summed E-state index contributed by atoms with van der Waals surface area (Å²) in [5, 5.41) is 6.84. The molecule has 23 heavy (non-hydrogen) atoms. The average Bonchev–Trinajstić information content (AvgIpc) is 2.54. The Labute approximate surface area is 158 Å². The molecule has 0 amide bonds. The van der Waals surface area contributed by atoms with Crippen molar-refractivity contribution in [2.75, 3.05) is 33.7 Å². The molecule has 0 aliphatic carbocycles. The van der Waals surface area contributed by atoms with E-state index >= 15 is 0 Å². The molecule has 0 saturated carbocycles. The number of aliphatic imine (C=N–C) groups is 1. The number of piperidine rings is 1. The number of nitrogens with zero attached hydrogens (tertiary/aromatic N) is 2. The lowest BCUT2D eigenvalue weighted by Crippen LogP contribution is -2.38. The first-order valence-corrected chi connectivity index (χ1v) is 8.36. The van der Waals surface area contributed by atoms with Crippen LogP contribution >= 0.6 is 24.0 Å². The third-order valence-corrected chi connectivity index (χ3v) is 4.61. The minimum Gasteiger partial charge on any atom is -0.356 e. The molecule has 1 heterocycles. The quantitative estimate of drug-likeness (QED) is 0.429. The monoisotopic (exact) mass is 430 g/mol. The van der Waals surface area contributed by atoms with Gasteiger partial charge in [0.25, 0.3) is 0 Å². The molecule has 0 atom stereocenters. The van der Waals surface area contributed by atoms with Crippen LogP contribution in [0.3, 0.4) is 0 Å². The normalized spacial score (nSPS) is 16.7. The molecule has 1 aliphatic rings. The Bertz CT molecular complexity index is 482. The number of guanidine groups is 1. The first-order valence-electron chi connectivity index (χ1n) is 8.36. The van der Waals surface area contributed by atoms with E-state index in [0.717, 1.165) is 25.0 Å². The Kier molecular flexibility index (Phi) is 9.55. The van der Waals surface area contributed by atoms with Crippen LogP contribution in [0.25, 0.3) is 0 Å². The van der Waals surface area contributed by atoms with E-state index in [1.807, 2.05) is 7.05 Å². The van der Waals surface area contributed by atoms with Crippen LogP contribution in [0.2, 0.25) is 0 Å². The van der Waals surface area contributed by atoms with Crippen LogP contribution in [-0.4, -0.2) is 44.6 Å². The molecule has 0 unspecified atom stereocenters. The van der Waals surface area contributed by atoms with Gasteiger partial charge in [0.1, 0.15) is 0 Å². The van der Waals surface area contributed by atoms with E-state index < -0.39 is 0 Å². The highest BCUT2D eigenvalue weighted by atomic mass is 127. The summed E-state index contributed by atoms with van der Waals surface area (Å²) in [6.07, 6.45) is 3.89. The van der Waals surface area contributed by atoms with Crippen molar-refractivity contribution < 1.29 is 0 Å². The second kappa shape index (κ2) is 10.9. The fourth-order valence-electron chi connectivity index (χ4n) is 2.95. The smallest absolute Gasteiger partial charge is 0.191 e. The summed E-state index contributed by atoms with van der Waals surface area (Å²) in [6, 6.07) is 8.47. The number of aryl methyl sites for hydroxylation is 1. The van der Waals surface area contributed by atoms with Gasteiger partial charge < -0.3 is 15.5 Å². The molecular weight excluding hydrogens is 399 g/mol. The summed E-state index contributed by atoms with van der Waals surface area (Å²) in [4.78, 5) is 6.74. The minimum absolute atomic E-state index is 0. The number of nitrogens with one attached hydrogen (secondary N) is 2. The van der Waals surface area contributed by atoms with Crippen LogP contribution in [-0.2, 0) is 6.54 Å². The standard InChI is InChI=1S/C18H30N4.HI/c1-15-6-4-5-7-17(15)14-21-18(19-2)20-11-8-16-9-12-22(3)13-10-16;/h4-7,16H,8-14H2,1-3H3,(H2,19,20,21);1H. The molecule has 4 nitrogen and oxygen atoms in total. The molecule has 5 heteroatoms. The molecule has 1 fully saturated rings. The molecule has 130 valence electrons. The summed E-state index contributed by atoms with van der Waals surface area (Å²) in [7, 11) is 4.05. The Morgan fingerprint density at radius 1 is 1.22 bits per heavy atom. The third kappa shape index (κ3) is 7.08. The van der Waals surface area contributed by atoms with Gasteiger partial charge in [-0.1, -0.05) is 24.3 Å². The van der Waals surface area contributed by atoms with Crippen molar-refractivity contribution in [3.05, 3.63) is 35.4 Å². The van der Waals surface area contributed by atoms with Crippen LogP contribution in [0.1, 0.15) is 30.4 Å². The van der Waals surface area contributed by atoms with Gasteiger partial charge in [0.15, 0.2) is 5.96 Å². The molecule has 1 aliphatic heterocycles. The second-order valence-corrected chi connectivity index (χ2v) is 6.31. The minimum atomic E-state index is 0. The first-order chi connectivity index (χ1) is 10.7. The average molecular weight is 430 g/mol. The van der Waals surface area contributed by atoms with Crippen LogP contribution in [0, 0.1) is 12.8 Å². The fourth-order valence-corrected chi connectivity index (χ4v) is 2.95. The molecule has 0 bridgehead atoms. The molecule has 1 saturated heterocycles. The Hall–Kier alpha value is -0.820. The van der Waals surface area contributed by atoms with Crippen LogP contribution in [0.5, 0.6) is 0 Å². The van der Waals surface area contributed by atoms with Gasteiger partial charge in [-0.25, -0.2) is 0 Å². The molecule has 0 spiro atoms. The Morgan fingerprint density at radius 2 is 1.91 bits per heavy atom. The molecule has 0 radical (unpaired) electrons. The van der Waals surface area contributed by atoms with Crippen molar-refractivity contribution >= 4 is 29.9 Å². The van der Waals surface area contributed by atoms with E-state index in [-0.39, 0.29) is 24.0 Å². The Morgan fingerprint density at radius 3 is 2.57 bits per heavy atom. The van der Waals surface area contributed by atoms with E-state index in [1.54, 1.807) is 0 Å². The highest BCUT2D eigenvalue weighted by Crippen LogP contribution is 2.18. The van der Waals surface area contributed by atoms with Crippen molar-refractivity contribution in [3.8, 4) is 0 Å². The molecular formula is C18H31IN4. The molecule has 1 aromatic carbocycles. The first kappa shape index (κ1) is 20.2. The maximum atomic E-state index is 4.31. The van der Waals surface area contributed by atoms with E-state index in [4.69, 9.17) is 0 Å². The van der Waals surface area contributed by atoms with Gasteiger partial charge in [-0.2, -0.15) is 0 Å². The van der Waals surface area contributed by atoms with Crippen molar-refractivity contribution in [2.45, 2.75) is 32.7 Å². The van der Waals surface area contributed by atoms with Crippen molar-refractivity contribution in [1.29, 1.82) is 0 Å². The maximum Gasteiger partial charge on any atom is 0.191 e. The number of hydrogen-bond donors (Lipinski definition) is 2. The topological polar surface area (TPSA) is 39.7 Å². The summed E-state index contributed by atoms with van der Waals surface area (Å²) in [5.74, 6) is 1.76. The zero-order chi connectivity index (χ0) is 15.8. The van der Waals surface area contributed by atoms with Crippen LogP contribution in [0.4, 0.5) is 0 Å². The lowest BCUT2D eigenvalue weighted by molar-refractivity contribution is 0.213. The highest BCUT2D eigenvalue weighted by molar-refractivity contribution is 14.0. The van der Waals surface area contributed by atoms with Gasteiger partial charge in [0, 0.05) is 20.1 Å². The van der Waals surface area contributed by atoms with Gasteiger partial charge in [0.2, 0.25) is 0 Å². The zero-order valence-electron chi connectivity index (χ0n) is 14.6. The molecule has 1 aromatic rings. The number of benzene rings is 1. The number of rotatable bonds is 5.